The van der Waals surface area contributed by atoms with E-state index in [9.17, 15) is 19.6 Å². The largest absolute Gasteiger partial charge is 0.509 e. The van der Waals surface area contributed by atoms with E-state index in [1.807, 2.05) is 37.3 Å². The third-order valence-corrected chi connectivity index (χ3v) is 9.46. The lowest BCUT2D eigenvalue weighted by Gasteiger charge is -2.28. The Morgan fingerprint density at radius 2 is 2.12 bits per heavy atom. The maximum Gasteiger partial charge on any atom is 0.509 e. The number of aliphatic hydroxyl groups is 2. The summed E-state index contributed by atoms with van der Waals surface area (Å²) in [7, 11) is -3.90. The SMILES string of the molecule is CCC(O)SCCOP(=O)(NCc1ccccc1)OC[C@H]1O[C@@H](n2cnc3c2NC(N)=NC3O)C2(C)OC(=O)OC12. The van der Waals surface area contributed by atoms with Crippen molar-refractivity contribution in [3.63, 3.8) is 0 Å². The Balaban J connectivity index is 1.31. The van der Waals surface area contributed by atoms with E-state index in [1.165, 1.54) is 22.7 Å². The molecule has 0 radical (unpaired) electrons. The van der Waals surface area contributed by atoms with Crippen LogP contribution in [0.5, 0.6) is 0 Å². The number of fused-ring (bicyclic) bond motifs is 2. The Bertz CT molecular complexity index is 1320. The normalized spacial score (nSPS) is 29.0. The molecule has 224 valence electrons. The van der Waals surface area contributed by atoms with Gasteiger partial charge in [0, 0.05) is 12.3 Å². The van der Waals surface area contributed by atoms with Gasteiger partial charge in [0.25, 0.3) is 0 Å². The number of carbonyl (C=O) groups is 1. The number of nitrogens with two attached hydrogens (primary N) is 1. The van der Waals surface area contributed by atoms with Gasteiger partial charge in [-0.25, -0.2) is 24.4 Å². The zero-order valence-electron chi connectivity index (χ0n) is 22.4. The standard InChI is InChI=1S/C24H33N6O9PS/c1-3-16(31)41-10-9-35-40(34,27-11-14-7-5-4-6-8-14)36-12-15-18-24(2,39-23(33)38-18)21(37-15)30-13-26-17-19(30)28-22(25)29-20(17)32/h4-8,13,15-16,18,20-21,31-32H,3,9-12H2,1-2H3,(H,27,34)(H3,25,28,29)/t15-,16?,18?,20?,21-,24?,40?/m1/s1. The highest BCUT2D eigenvalue weighted by Crippen LogP contribution is 2.51. The van der Waals surface area contributed by atoms with Crippen LogP contribution in [0.25, 0.3) is 0 Å². The Hall–Kier alpha value is -2.69. The predicted octanol–water partition coefficient (Wildman–Crippen LogP) is 2.20. The van der Waals surface area contributed by atoms with Gasteiger partial charge in [-0.1, -0.05) is 37.3 Å². The topological polar surface area (TPSA) is 201 Å². The quantitative estimate of drug-likeness (QED) is 0.0953. The second-order valence-electron chi connectivity index (χ2n) is 9.68. The fraction of sp³-hybridized carbons (Fsp3) is 0.542. The summed E-state index contributed by atoms with van der Waals surface area (Å²) in [4.78, 5) is 20.3. The molecule has 0 amide bonds. The van der Waals surface area contributed by atoms with Gasteiger partial charge in [-0.2, -0.15) is 0 Å². The molecule has 2 fully saturated rings. The van der Waals surface area contributed by atoms with E-state index in [0.717, 1.165) is 5.56 Å². The van der Waals surface area contributed by atoms with Crippen molar-refractivity contribution in [1.82, 2.24) is 14.6 Å². The molecule has 41 heavy (non-hydrogen) atoms. The first-order valence-corrected chi connectivity index (χ1v) is 15.6. The smallest absolute Gasteiger partial charge is 0.424 e. The van der Waals surface area contributed by atoms with E-state index in [-0.39, 0.29) is 31.4 Å². The average Bonchev–Trinajstić information content (AvgIpc) is 3.58. The Morgan fingerprint density at radius 1 is 1.34 bits per heavy atom. The van der Waals surface area contributed by atoms with Gasteiger partial charge in [0.2, 0.25) is 0 Å². The molecule has 1 aromatic heterocycles. The van der Waals surface area contributed by atoms with Crippen LogP contribution in [0, 0.1) is 0 Å². The minimum atomic E-state index is -3.90. The average molecular weight is 613 g/mol. The molecule has 6 N–H and O–H groups in total. The highest BCUT2D eigenvalue weighted by atomic mass is 32.2. The fourth-order valence-electron chi connectivity index (χ4n) is 4.72. The van der Waals surface area contributed by atoms with Gasteiger partial charge in [-0.15, -0.1) is 11.8 Å². The number of aliphatic hydroxyl groups excluding tert-OH is 2. The molecule has 5 rings (SSSR count). The molecule has 0 bridgehead atoms. The minimum Gasteiger partial charge on any atom is -0.424 e. The summed E-state index contributed by atoms with van der Waals surface area (Å²) in [5.74, 6) is 0.670. The van der Waals surface area contributed by atoms with Crippen molar-refractivity contribution >= 4 is 37.4 Å². The number of hydrogen-bond acceptors (Lipinski definition) is 14. The molecular formula is C24H33N6O9PS. The fourth-order valence-corrected chi connectivity index (χ4v) is 6.84. The monoisotopic (exact) mass is 612 g/mol. The van der Waals surface area contributed by atoms with E-state index < -0.39 is 49.6 Å². The number of guanidine groups is 1. The Morgan fingerprint density at radius 3 is 2.88 bits per heavy atom. The third kappa shape index (κ3) is 6.39. The highest BCUT2D eigenvalue weighted by Gasteiger charge is 2.64. The maximum atomic E-state index is 13.8. The second-order valence-corrected chi connectivity index (χ2v) is 12.8. The number of rotatable bonds is 13. The van der Waals surface area contributed by atoms with Crippen molar-refractivity contribution in [3.8, 4) is 0 Å². The van der Waals surface area contributed by atoms with Crippen molar-refractivity contribution in [2.45, 2.75) is 62.5 Å². The zero-order chi connectivity index (χ0) is 29.2. The minimum absolute atomic E-state index is 0.0294. The number of anilines is 1. The lowest BCUT2D eigenvalue weighted by atomic mass is 9.96. The summed E-state index contributed by atoms with van der Waals surface area (Å²) in [6.07, 6.45) is -3.04. The molecule has 0 aliphatic carbocycles. The number of ether oxygens (including phenoxy) is 3. The van der Waals surface area contributed by atoms with Gasteiger partial charge < -0.3 is 35.5 Å². The molecule has 0 saturated carbocycles. The summed E-state index contributed by atoms with van der Waals surface area (Å²) in [5, 5.41) is 25.8. The van der Waals surface area contributed by atoms with Gasteiger partial charge in [-0.3, -0.25) is 13.6 Å². The van der Waals surface area contributed by atoms with Crippen LogP contribution in [0.15, 0.2) is 41.7 Å². The van der Waals surface area contributed by atoms with Crippen LogP contribution in [0.3, 0.4) is 0 Å². The Labute approximate surface area is 240 Å². The molecule has 7 atom stereocenters. The van der Waals surface area contributed by atoms with Crippen LogP contribution in [0.4, 0.5) is 10.6 Å². The first-order valence-electron chi connectivity index (χ1n) is 13.0. The molecule has 2 saturated heterocycles. The van der Waals surface area contributed by atoms with Gasteiger partial charge in [0.05, 0.1) is 25.0 Å². The lowest BCUT2D eigenvalue weighted by molar-refractivity contribution is -0.0903. The predicted molar refractivity (Wildman–Crippen MR) is 148 cm³/mol. The summed E-state index contributed by atoms with van der Waals surface area (Å²) >= 11 is 1.28. The van der Waals surface area contributed by atoms with E-state index in [2.05, 4.69) is 20.4 Å². The second kappa shape index (κ2) is 12.3. The molecule has 17 heteroatoms. The number of nitrogens with one attached hydrogen (secondary N) is 2. The summed E-state index contributed by atoms with van der Waals surface area (Å²) in [6, 6.07) is 9.32. The zero-order valence-corrected chi connectivity index (χ0v) is 24.1. The van der Waals surface area contributed by atoms with Crippen molar-refractivity contribution in [3.05, 3.63) is 47.9 Å². The summed E-state index contributed by atoms with van der Waals surface area (Å²) < 4.78 is 44.0. The van der Waals surface area contributed by atoms with Crippen LogP contribution in [-0.4, -0.2) is 74.1 Å². The number of nitrogens with zero attached hydrogens (tertiary/aromatic N) is 3. The van der Waals surface area contributed by atoms with E-state index >= 15 is 0 Å². The lowest BCUT2D eigenvalue weighted by Crippen LogP contribution is -2.42. The number of carbonyl (C=O) groups excluding carboxylic acids is 1. The summed E-state index contributed by atoms with van der Waals surface area (Å²) in [6.45, 7) is 3.46. The van der Waals surface area contributed by atoms with Gasteiger partial charge in [0.1, 0.15) is 17.6 Å². The molecule has 2 aromatic rings. The Kier molecular flexibility index (Phi) is 8.92. The highest BCUT2D eigenvalue weighted by molar-refractivity contribution is 7.99. The van der Waals surface area contributed by atoms with Gasteiger partial charge >= 0.3 is 13.9 Å². The van der Waals surface area contributed by atoms with E-state index in [1.54, 1.807) is 6.92 Å². The molecule has 0 spiro atoms. The van der Waals surface area contributed by atoms with Crippen molar-refractivity contribution in [2.24, 2.45) is 10.7 Å². The van der Waals surface area contributed by atoms with Crippen LogP contribution >= 0.6 is 19.5 Å². The van der Waals surface area contributed by atoms with Crippen LogP contribution in [-0.2, 0) is 34.4 Å². The molecule has 4 heterocycles. The van der Waals surface area contributed by atoms with Crippen LogP contribution in [0.2, 0.25) is 0 Å². The van der Waals surface area contributed by atoms with Crippen molar-refractivity contribution in [1.29, 1.82) is 0 Å². The van der Waals surface area contributed by atoms with Crippen LogP contribution in [0.1, 0.15) is 44.0 Å². The van der Waals surface area contributed by atoms with E-state index in [4.69, 9.17) is 29.0 Å². The molecule has 15 nitrogen and oxygen atoms in total. The van der Waals surface area contributed by atoms with Crippen LogP contribution < -0.4 is 16.1 Å². The van der Waals surface area contributed by atoms with Crippen molar-refractivity contribution in [2.75, 3.05) is 24.3 Å². The van der Waals surface area contributed by atoms with E-state index in [0.29, 0.717) is 18.0 Å². The molecule has 3 aliphatic rings. The molecule has 5 unspecified atom stereocenters. The number of benzene rings is 1. The van der Waals surface area contributed by atoms with Crippen molar-refractivity contribution < 1.29 is 42.8 Å². The number of imidazole rings is 1. The number of hydrogen-bond donors (Lipinski definition) is 5. The third-order valence-electron chi connectivity index (χ3n) is 6.78. The number of aromatic nitrogens is 2. The first-order chi connectivity index (χ1) is 19.6. The first kappa shape index (κ1) is 29.8. The summed E-state index contributed by atoms with van der Waals surface area (Å²) in [5.41, 5.74) is 4.98. The molecular weight excluding hydrogens is 579 g/mol. The maximum absolute atomic E-state index is 13.8. The van der Waals surface area contributed by atoms with Gasteiger partial charge in [-0.05, 0) is 18.9 Å². The number of thioether (sulfide) groups is 1. The molecule has 1 aromatic carbocycles. The van der Waals surface area contributed by atoms with Gasteiger partial charge in [0.15, 0.2) is 30.1 Å². The molecule has 3 aliphatic heterocycles. The number of aliphatic imine (C=N–C) groups is 1.